The van der Waals surface area contributed by atoms with Gasteiger partial charge in [0.2, 0.25) is 0 Å². The van der Waals surface area contributed by atoms with Crippen molar-refractivity contribution in [2.24, 2.45) is 5.92 Å². The Kier molecular flexibility index (Phi) is 2.57. The molecule has 1 saturated carbocycles. The van der Waals surface area contributed by atoms with Gasteiger partial charge in [0.1, 0.15) is 5.60 Å². The molecule has 1 aliphatic carbocycles. The Labute approximate surface area is 68.8 Å². The summed E-state index contributed by atoms with van der Waals surface area (Å²) in [6.07, 6.45) is 10.3. The molecule has 0 radical (unpaired) electrons. The van der Waals surface area contributed by atoms with Crippen molar-refractivity contribution in [2.45, 2.75) is 44.6 Å². The molecule has 1 N–H and O–H groups in total. The predicted molar refractivity (Wildman–Crippen MR) is 46.0 cm³/mol. The Hall–Kier alpha value is -0.480. The second-order valence-corrected chi connectivity index (χ2v) is 3.55. The van der Waals surface area contributed by atoms with E-state index >= 15 is 0 Å². The van der Waals surface area contributed by atoms with E-state index in [0.717, 1.165) is 25.7 Å². The Morgan fingerprint density at radius 2 is 2.45 bits per heavy atom. The van der Waals surface area contributed by atoms with Crippen LogP contribution in [-0.4, -0.2) is 10.7 Å². The van der Waals surface area contributed by atoms with Gasteiger partial charge in [0, 0.05) is 0 Å². The van der Waals surface area contributed by atoms with E-state index in [0.29, 0.717) is 5.92 Å². The zero-order valence-electron chi connectivity index (χ0n) is 7.14. The Morgan fingerprint density at radius 1 is 1.73 bits per heavy atom. The Morgan fingerprint density at radius 3 is 3.00 bits per heavy atom. The molecule has 0 heterocycles. The molecule has 1 aliphatic rings. The maximum absolute atomic E-state index is 9.75. The third-order valence-corrected chi connectivity index (χ3v) is 2.68. The van der Waals surface area contributed by atoms with Gasteiger partial charge >= 0.3 is 0 Å². The Bertz CT molecular complexity index is 168. The third-order valence-electron chi connectivity index (χ3n) is 2.68. The maximum Gasteiger partial charge on any atom is 0.125 e. The average Bonchev–Trinajstić information content (AvgIpc) is 2.05. The van der Waals surface area contributed by atoms with E-state index in [9.17, 15) is 5.11 Å². The van der Waals surface area contributed by atoms with Crippen LogP contribution in [0.4, 0.5) is 0 Å². The van der Waals surface area contributed by atoms with Crippen molar-refractivity contribution in [3.63, 3.8) is 0 Å². The van der Waals surface area contributed by atoms with Crippen LogP contribution < -0.4 is 0 Å². The topological polar surface area (TPSA) is 20.2 Å². The quantitative estimate of drug-likeness (QED) is 0.569. The number of hydrogen-bond acceptors (Lipinski definition) is 1. The van der Waals surface area contributed by atoms with Crippen molar-refractivity contribution in [3.8, 4) is 12.3 Å². The van der Waals surface area contributed by atoms with E-state index in [1.165, 1.54) is 6.42 Å². The summed E-state index contributed by atoms with van der Waals surface area (Å²) in [4.78, 5) is 0. The standard InChI is InChI=1S/C10H16O/c1-3-9-6-5-7-10(11,4-2)8-9/h2,9,11H,3,5-8H2,1H3. The smallest absolute Gasteiger partial charge is 0.125 e. The fourth-order valence-corrected chi connectivity index (χ4v) is 1.84. The molecule has 0 saturated heterocycles. The Balaban J connectivity index is 2.53. The fraction of sp³-hybridized carbons (Fsp3) is 0.800. The van der Waals surface area contributed by atoms with Gasteiger partial charge in [0.05, 0.1) is 0 Å². The molecule has 0 aliphatic heterocycles. The van der Waals surface area contributed by atoms with Crippen LogP contribution in [0.2, 0.25) is 0 Å². The number of aliphatic hydroxyl groups is 1. The van der Waals surface area contributed by atoms with Crippen LogP contribution >= 0.6 is 0 Å². The lowest BCUT2D eigenvalue weighted by Crippen LogP contribution is -2.33. The fourth-order valence-electron chi connectivity index (χ4n) is 1.84. The lowest BCUT2D eigenvalue weighted by atomic mass is 9.77. The molecule has 2 atom stereocenters. The van der Waals surface area contributed by atoms with E-state index < -0.39 is 5.60 Å². The van der Waals surface area contributed by atoms with Crippen LogP contribution in [0, 0.1) is 18.3 Å². The summed E-state index contributed by atoms with van der Waals surface area (Å²) < 4.78 is 0. The van der Waals surface area contributed by atoms with Gasteiger partial charge in [-0.1, -0.05) is 25.7 Å². The molecule has 1 fully saturated rings. The van der Waals surface area contributed by atoms with Crippen molar-refractivity contribution in [1.29, 1.82) is 0 Å². The highest BCUT2D eigenvalue weighted by Crippen LogP contribution is 2.33. The molecule has 1 heteroatoms. The van der Waals surface area contributed by atoms with Crippen LogP contribution in [-0.2, 0) is 0 Å². The molecular formula is C10H16O. The van der Waals surface area contributed by atoms with Crippen LogP contribution in [0.1, 0.15) is 39.0 Å². The first-order chi connectivity index (χ1) is 5.20. The first kappa shape index (κ1) is 8.62. The first-order valence-electron chi connectivity index (χ1n) is 4.40. The highest BCUT2D eigenvalue weighted by atomic mass is 16.3. The molecule has 11 heavy (non-hydrogen) atoms. The van der Waals surface area contributed by atoms with Crippen molar-refractivity contribution < 1.29 is 5.11 Å². The minimum Gasteiger partial charge on any atom is -0.378 e. The van der Waals surface area contributed by atoms with Crippen molar-refractivity contribution in [3.05, 3.63) is 0 Å². The zero-order valence-corrected chi connectivity index (χ0v) is 7.14. The normalized spacial score (nSPS) is 38.1. The molecule has 1 nitrogen and oxygen atoms in total. The highest BCUT2D eigenvalue weighted by Gasteiger charge is 2.31. The summed E-state index contributed by atoms with van der Waals surface area (Å²) in [5, 5.41) is 9.75. The molecule has 2 unspecified atom stereocenters. The second-order valence-electron chi connectivity index (χ2n) is 3.55. The minimum absolute atomic E-state index is 0.643. The highest BCUT2D eigenvalue weighted by molar-refractivity contribution is 5.09. The van der Waals surface area contributed by atoms with E-state index in [1.54, 1.807) is 0 Å². The van der Waals surface area contributed by atoms with Gasteiger partial charge in [-0.3, -0.25) is 0 Å². The molecule has 0 aromatic carbocycles. The summed E-state index contributed by atoms with van der Waals surface area (Å²) >= 11 is 0. The predicted octanol–water partition coefficient (Wildman–Crippen LogP) is 1.95. The summed E-state index contributed by atoms with van der Waals surface area (Å²) in [7, 11) is 0. The molecule has 0 spiro atoms. The zero-order chi connectivity index (χ0) is 8.32. The number of hydrogen-bond donors (Lipinski definition) is 1. The van der Waals surface area contributed by atoms with E-state index in [-0.39, 0.29) is 0 Å². The van der Waals surface area contributed by atoms with Gasteiger partial charge in [-0.25, -0.2) is 0 Å². The van der Waals surface area contributed by atoms with E-state index in [4.69, 9.17) is 6.42 Å². The molecule has 0 aromatic rings. The molecular weight excluding hydrogens is 136 g/mol. The number of rotatable bonds is 1. The summed E-state index contributed by atoms with van der Waals surface area (Å²) in [5.41, 5.74) is -0.779. The van der Waals surface area contributed by atoms with Gasteiger partial charge in [0.15, 0.2) is 0 Å². The molecule has 62 valence electrons. The largest absolute Gasteiger partial charge is 0.378 e. The average molecular weight is 152 g/mol. The van der Waals surface area contributed by atoms with Crippen molar-refractivity contribution >= 4 is 0 Å². The van der Waals surface area contributed by atoms with Gasteiger partial charge in [-0.15, -0.1) is 6.42 Å². The summed E-state index contributed by atoms with van der Waals surface area (Å²) in [5.74, 6) is 3.14. The number of terminal acetylenes is 1. The van der Waals surface area contributed by atoms with Gasteiger partial charge in [-0.2, -0.15) is 0 Å². The van der Waals surface area contributed by atoms with E-state index in [2.05, 4.69) is 12.8 Å². The van der Waals surface area contributed by atoms with Crippen LogP contribution in [0.5, 0.6) is 0 Å². The second kappa shape index (κ2) is 3.28. The minimum atomic E-state index is -0.779. The third kappa shape index (κ3) is 1.97. The van der Waals surface area contributed by atoms with Gasteiger partial charge in [0.25, 0.3) is 0 Å². The molecule has 0 bridgehead atoms. The van der Waals surface area contributed by atoms with Crippen LogP contribution in [0.3, 0.4) is 0 Å². The molecule has 1 rings (SSSR count). The van der Waals surface area contributed by atoms with Crippen LogP contribution in [0.15, 0.2) is 0 Å². The monoisotopic (exact) mass is 152 g/mol. The summed E-state index contributed by atoms with van der Waals surface area (Å²) in [6, 6.07) is 0. The van der Waals surface area contributed by atoms with Gasteiger partial charge in [-0.05, 0) is 25.2 Å². The molecule has 0 amide bonds. The SMILES string of the molecule is C#CC1(O)CCCC(CC)C1. The maximum atomic E-state index is 9.75. The lowest BCUT2D eigenvalue weighted by molar-refractivity contribution is 0.0363. The van der Waals surface area contributed by atoms with Crippen molar-refractivity contribution in [1.82, 2.24) is 0 Å². The van der Waals surface area contributed by atoms with E-state index in [1.807, 2.05) is 0 Å². The van der Waals surface area contributed by atoms with Crippen molar-refractivity contribution in [2.75, 3.05) is 0 Å². The lowest BCUT2D eigenvalue weighted by Gasteiger charge is -2.32. The summed E-state index contributed by atoms with van der Waals surface area (Å²) in [6.45, 7) is 2.16. The van der Waals surface area contributed by atoms with Crippen LogP contribution in [0.25, 0.3) is 0 Å². The van der Waals surface area contributed by atoms with Gasteiger partial charge < -0.3 is 5.11 Å². The first-order valence-corrected chi connectivity index (χ1v) is 4.40. The molecule has 0 aromatic heterocycles.